The molecule has 1 saturated heterocycles. The number of hydrogen-bond acceptors (Lipinski definition) is 4. The summed E-state index contributed by atoms with van der Waals surface area (Å²) < 4.78 is 5.22. The Kier molecular flexibility index (Phi) is 4.31. The van der Waals surface area contributed by atoms with E-state index in [2.05, 4.69) is 17.1 Å². The molecule has 0 bridgehead atoms. The molecule has 2 rings (SSSR count). The van der Waals surface area contributed by atoms with Crippen LogP contribution in [0.4, 0.5) is 11.4 Å². The van der Waals surface area contributed by atoms with Crippen LogP contribution in [0.2, 0.25) is 0 Å². The molecule has 1 heterocycles. The van der Waals surface area contributed by atoms with Crippen LogP contribution in [0.1, 0.15) is 19.8 Å². The van der Waals surface area contributed by atoms with Crippen molar-refractivity contribution in [2.24, 2.45) is 0 Å². The van der Waals surface area contributed by atoms with E-state index in [1.54, 1.807) is 7.11 Å². The molecule has 18 heavy (non-hydrogen) atoms. The van der Waals surface area contributed by atoms with Crippen LogP contribution in [-0.2, 0) is 0 Å². The van der Waals surface area contributed by atoms with Crippen LogP contribution in [0.15, 0.2) is 18.2 Å². The number of nitrogens with two attached hydrogens (primary N) is 1. The number of hydrogen-bond donors (Lipinski definition) is 2. The largest absolute Gasteiger partial charge is 0.495 e. The summed E-state index contributed by atoms with van der Waals surface area (Å²) in [6.07, 6.45) is 2.65. The van der Waals surface area contributed by atoms with Crippen molar-refractivity contribution in [3.63, 3.8) is 0 Å². The fourth-order valence-electron chi connectivity index (χ4n) is 2.45. The molecule has 0 saturated carbocycles. The van der Waals surface area contributed by atoms with Crippen molar-refractivity contribution in [3.8, 4) is 5.75 Å². The molecular weight excluding hydrogens is 226 g/mol. The van der Waals surface area contributed by atoms with Crippen LogP contribution in [0.5, 0.6) is 5.75 Å². The van der Waals surface area contributed by atoms with Gasteiger partial charge in [-0.25, -0.2) is 0 Å². The predicted octanol–water partition coefficient (Wildman–Crippen LogP) is 2.17. The molecule has 4 nitrogen and oxygen atoms in total. The number of methoxy groups -OCH3 is 1. The lowest BCUT2D eigenvalue weighted by Gasteiger charge is -2.24. The van der Waals surface area contributed by atoms with Crippen LogP contribution in [0.25, 0.3) is 0 Å². The molecular formula is C14H23N3O. The number of nitrogens with one attached hydrogen (secondary N) is 1. The van der Waals surface area contributed by atoms with E-state index in [1.165, 1.54) is 25.9 Å². The van der Waals surface area contributed by atoms with E-state index >= 15 is 0 Å². The minimum absolute atomic E-state index is 0.540. The van der Waals surface area contributed by atoms with Crippen LogP contribution in [0.3, 0.4) is 0 Å². The first-order chi connectivity index (χ1) is 8.72. The number of anilines is 2. The number of likely N-dealkylation sites (tertiary alicyclic amines) is 1. The molecule has 0 aliphatic carbocycles. The maximum Gasteiger partial charge on any atom is 0.143 e. The minimum atomic E-state index is 0.540. The van der Waals surface area contributed by atoms with E-state index in [0.29, 0.717) is 11.7 Å². The lowest BCUT2D eigenvalue weighted by Crippen LogP contribution is -2.35. The third kappa shape index (κ3) is 2.88. The van der Waals surface area contributed by atoms with Gasteiger partial charge in [0.1, 0.15) is 5.75 Å². The zero-order chi connectivity index (χ0) is 13.0. The van der Waals surface area contributed by atoms with Gasteiger partial charge in [-0.2, -0.15) is 0 Å². The zero-order valence-corrected chi connectivity index (χ0v) is 11.3. The first-order valence-corrected chi connectivity index (χ1v) is 6.62. The highest BCUT2D eigenvalue weighted by Crippen LogP contribution is 2.29. The van der Waals surface area contributed by atoms with Gasteiger partial charge < -0.3 is 15.8 Å². The van der Waals surface area contributed by atoms with E-state index in [-0.39, 0.29) is 0 Å². The van der Waals surface area contributed by atoms with Crippen molar-refractivity contribution in [1.82, 2.24) is 4.90 Å². The van der Waals surface area contributed by atoms with Gasteiger partial charge in [-0.15, -0.1) is 0 Å². The predicted molar refractivity (Wildman–Crippen MR) is 76.2 cm³/mol. The van der Waals surface area contributed by atoms with Gasteiger partial charge in [0.05, 0.1) is 18.5 Å². The van der Waals surface area contributed by atoms with E-state index in [1.807, 2.05) is 18.2 Å². The first kappa shape index (κ1) is 13.0. The third-order valence-corrected chi connectivity index (χ3v) is 3.64. The Hall–Kier alpha value is -1.42. The van der Waals surface area contributed by atoms with E-state index in [0.717, 1.165) is 18.0 Å². The molecule has 3 N–H and O–H groups in total. The summed E-state index contributed by atoms with van der Waals surface area (Å²) in [5, 5.41) is 3.42. The molecule has 0 spiro atoms. The van der Waals surface area contributed by atoms with Crippen molar-refractivity contribution in [3.05, 3.63) is 18.2 Å². The number of benzene rings is 1. The molecule has 1 atom stereocenters. The Labute approximate surface area is 109 Å². The Morgan fingerprint density at radius 3 is 2.78 bits per heavy atom. The van der Waals surface area contributed by atoms with Crippen LogP contribution in [0, 0.1) is 0 Å². The highest BCUT2D eigenvalue weighted by Gasteiger charge is 2.17. The molecule has 1 aromatic carbocycles. The lowest BCUT2D eigenvalue weighted by atomic mass is 10.2. The minimum Gasteiger partial charge on any atom is -0.495 e. The summed E-state index contributed by atoms with van der Waals surface area (Å²) in [6, 6.07) is 6.37. The Bertz CT molecular complexity index is 389. The van der Waals surface area contributed by atoms with Gasteiger partial charge in [-0.3, -0.25) is 4.90 Å². The quantitative estimate of drug-likeness (QED) is 0.785. The number of rotatable bonds is 5. The molecule has 0 amide bonds. The summed E-state index contributed by atoms with van der Waals surface area (Å²) in [4.78, 5) is 2.52. The van der Waals surface area contributed by atoms with E-state index < -0.39 is 0 Å². The van der Waals surface area contributed by atoms with Gasteiger partial charge in [-0.1, -0.05) is 6.07 Å². The topological polar surface area (TPSA) is 50.5 Å². The van der Waals surface area contributed by atoms with Gasteiger partial charge in [-0.05, 0) is 45.0 Å². The fraction of sp³-hybridized carbons (Fsp3) is 0.571. The Morgan fingerprint density at radius 1 is 1.39 bits per heavy atom. The summed E-state index contributed by atoms with van der Waals surface area (Å²) in [6.45, 7) is 5.61. The summed E-state index contributed by atoms with van der Waals surface area (Å²) in [5.74, 6) is 0.730. The van der Waals surface area contributed by atoms with Crippen molar-refractivity contribution < 1.29 is 4.74 Å². The lowest BCUT2D eigenvalue weighted by molar-refractivity contribution is 0.269. The SMILES string of the molecule is COc1cccc(NCC(C)N2CCCC2)c1N. The molecule has 1 aliphatic rings. The summed E-state index contributed by atoms with van der Waals surface area (Å²) in [7, 11) is 1.64. The highest BCUT2D eigenvalue weighted by atomic mass is 16.5. The van der Waals surface area contributed by atoms with Gasteiger partial charge in [0, 0.05) is 12.6 Å². The summed E-state index contributed by atoms with van der Waals surface area (Å²) >= 11 is 0. The Morgan fingerprint density at radius 2 is 2.11 bits per heavy atom. The van der Waals surface area contributed by atoms with Gasteiger partial charge >= 0.3 is 0 Å². The number of para-hydroxylation sites is 1. The fourth-order valence-corrected chi connectivity index (χ4v) is 2.45. The molecule has 0 aromatic heterocycles. The van der Waals surface area contributed by atoms with E-state index in [4.69, 9.17) is 10.5 Å². The first-order valence-electron chi connectivity index (χ1n) is 6.62. The van der Waals surface area contributed by atoms with Crippen LogP contribution in [-0.4, -0.2) is 37.7 Å². The number of ether oxygens (including phenoxy) is 1. The van der Waals surface area contributed by atoms with Gasteiger partial charge in [0.15, 0.2) is 0 Å². The molecule has 0 radical (unpaired) electrons. The molecule has 1 fully saturated rings. The maximum atomic E-state index is 6.03. The third-order valence-electron chi connectivity index (χ3n) is 3.64. The molecule has 1 aromatic rings. The second kappa shape index (κ2) is 5.96. The molecule has 1 unspecified atom stereocenters. The monoisotopic (exact) mass is 249 g/mol. The number of nitrogens with zero attached hydrogens (tertiary/aromatic N) is 1. The van der Waals surface area contributed by atoms with Gasteiger partial charge in [0.2, 0.25) is 0 Å². The molecule has 100 valence electrons. The normalized spacial score (nSPS) is 17.7. The van der Waals surface area contributed by atoms with E-state index in [9.17, 15) is 0 Å². The smallest absolute Gasteiger partial charge is 0.143 e. The standard InChI is InChI=1S/C14H23N3O/c1-11(17-8-3-4-9-17)10-16-12-6-5-7-13(18-2)14(12)15/h5-7,11,16H,3-4,8-10,15H2,1-2H3. The zero-order valence-electron chi connectivity index (χ0n) is 11.3. The van der Waals surface area contributed by atoms with Crippen molar-refractivity contribution in [1.29, 1.82) is 0 Å². The summed E-state index contributed by atoms with van der Waals surface area (Å²) in [5.41, 5.74) is 7.68. The van der Waals surface area contributed by atoms with Crippen molar-refractivity contribution in [2.45, 2.75) is 25.8 Å². The molecule has 1 aliphatic heterocycles. The second-order valence-corrected chi connectivity index (χ2v) is 4.89. The van der Waals surface area contributed by atoms with Crippen LogP contribution >= 0.6 is 0 Å². The Balaban J connectivity index is 1.93. The number of nitrogen functional groups attached to an aromatic ring is 1. The average molecular weight is 249 g/mol. The van der Waals surface area contributed by atoms with Crippen molar-refractivity contribution >= 4 is 11.4 Å². The maximum absolute atomic E-state index is 6.03. The van der Waals surface area contributed by atoms with Crippen molar-refractivity contribution in [2.75, 3.05) is 37.8 Å². The van der Waals surface area contributed by atoms with Gasteiger partial charge in [0.25, 0.3) is 0 Å². The van der Waals surface area contributed by atoms with Crippen LogP contribution < -0.4 is 15.8 Å². The second-order valence-electron chi connectivity index (χ2n) is 4.89. The average Bonchev–Trinajstić information content (AvgIpc) is 2.91. The highest BCUT2D eigenvalue weighted by molar-refractivity contribution is 5.72. The molecule has 4 heteroatoms.